The molecule has 1 N–H and O–H groups in total. The van der Waals surface area contributed by atoms with Gasteiger partial charge in [0.25, 0.3) is 11.5 Å². The third-order valence-corrected chi connectivity index (χ3v) is 5.88. The Hall–Kier alpha value is -4.13. The molecule has 3 aromatic rings. The lowest BCUT2D eigenvalue weighted by Gasteiger charge is -2.26. The van der Waals surface area contributed by atoms with Crippen LogP contribution in [0, 0.1) is 5.92 Å². The van der Waals surface area contributed by atoms with Crippen molar-refractivity contribution in [3.8, 4) is 11.5 Å². The number of oxime groups is 1. The van der Waals surface area contributed by atoms with Crippen molar-refractivity contribution >= 4 is 23.1 Å². The molecule has 0 aromatic heterocycles. The minimum absolute atomic E-state index is 0.261. The topological polar surface area (TPSA) is 86.2 Å². The van der Waals surface area contributed by atoms with E-state index in [0.717, 1.165) is 0 Å². The summed E-state index contributed by atoms with van der Waals surface area (Å²) in [6.45, 7) is 0. The first-order chi connectivity index (χ1) is 15.6. The average molecular weight is 428 g/mol. The van der Waals surface area contributed by atoms with Gasteiger partial charge in [0.05, 0.1) is 14.2 Å². The zero-order chi connectivity index (χ0) is 22.3. The van der Waals surface area contributed by atoms with Crippen LogP contribution >= 0.6 is 0 Å². The van der Waals surface area contributed by atoms with Crippen LogP contribution in [0.5, 0.6) is 11.5 Å². The second-order valence-electron chi connectivity index (χ2n) is 7.54. The summed E-state index contributed by atoms with van der Waals surface area (Å²) >= 11 is 0. The van der Waals surface area contributed by atoms with Gasteiger partial charge in [-0.3, -0.25) is 9.59 Å². The molecule has 1 spiro atoms. The molecule has 2 aliphatic rings. The van der Waals surface area contributed by atoms with Gasteiger partial charge in [0.1, 0.15) is 11.6 Å². The Kier molecular flexibility index (Phi) is 4.66. The van der Waals surface area contributed by atoms with Crippen molar-refractivity contribution in [1.29, 1.82) is 0 Å². The average Bonchev–Trinajstić information content (AvgIpc) is 3.37. The number of carbonyl (C=O) groups excluding carboxylic acids is 2. The first-order valence-electron chi connectivity index (χ1n) is 10.1. The molecule has 0 aliphatic carbocycles. The molecule has 3 aromatic carbocycles. The largest absolute Gasteiger partial charge is 0.493 e. The molecule has 7 heteroatoms. The maximum atomic E-state index is 13.8. The Morgan fingerprint density at radius 3 is 2.44 bits per heavy atom. The van der Waals surface area contributed by atoms with Crippen LogP contribution in [0.1, 0.15) is 21.5 Å². The number of carbonyl (C=O) groups is 2. The number of ketones is 1. The number of ether oxygens (including phenoxy) is 2. The standard InChI is InChI=1S/C25H20N2O5/c1-30-19-13-12-16(14-20(19)31-2)22-21(23(28)15-8-4-3-5-9-15)25(32-27-22)17-10-6-7-11-18(17)26-24(25)29/h3-14,21H,1-2H3,(H,26,29)/t21-,25+/m1/s1. The van der Waals surface area contributed by atoms with Gasteiger partial charge in [-0.25, -0.2) is 0 Å². The van der Waals surface area contributed by atoms with Gasteiger partial charge in [-0.1, -0.05) is 53.7 Å². The molecule has 2 aliphatic heterocycles. The second-order valence-corrected chi connectivity index (χ2v) is 7.54. The highest BCUT2D eigenvalue weighted by atomic mass is 16.7. The van der Waals surface area contributed by atoms with Crippen molar-refractivity contribution in [1.82, 2.24) is 0 Å². The monoisotopic (exact) mass is 428 g/mol. The summed E-state index contributed by atoms with van der Waals surface area (Å²) in [5.74, 6) is -0.654. The van der Waals surface area contributed by atoms with Gasteiger partial charge in [0.15, 0.2) is 17.3 Å². The van der Waals surface area contributed by atoms with Crippen molar-refractivity contribution in [2.75, 3.05) is 19.5 Å². The van der Waals surface area contributed by atoms with E-state index in [1.54, 1.807) is 61.7 Å². The Bertz CT molecular complexity index is 1250. The highest BCUT2D eigenvalue weighted by Crippen LogP contribution is 2.50. The van der Waals surface area contributed by atoms with Gasteiger partial charge < -0.3 is 19.6 Å². The number of rotatable bonds is 5. The lowest BCUT2D eigenvalue weighted by Crippen LogP contribution is -2.46. The van der Waals surface area contributed by atoms with Gasteiger partial charge in [-0.15, -0.1) is 0 Å². The van der Waals surface area contributed by atoms with Crippen LogP contribution in [0.15, 0.2) is 78.0 Å². The van der Waals surface area contributed by atoms with Crippen LogP contribution in [-0.2, 0) is 15.2 Å². The second kappa shape index (κ2) is 7.53. The van der Waals surface area contributed by atoms with E-state index in [9.17, 15) is 9.59 Å². The smallest absolute Gasteiger partial charge is 0.277 e. The maximum absolute atomic E-state index is 13.8. The van der Waals surface area contributed by atoms with Crippen molar-refractivity contribution in [2.24, 2.45) is 11.1 Å². The van der Waals surface area contributed by atoms with Gasteiger partial charge >= 0.3 is 0 Å². The number of fused-ring (bicyclic) bond motifs is 2. The summed E-state index contributed by atoms with van der Waals surface area (Å²) in [6, 6.07) is 21.3. The molecule has 2 atom stereocenters. The van der Waals surface area contributed by atoms with Crippen LogP contribution in [0.4, 0.5) is 5.69 Å². The normalized spacial score (nSPS) is 20.9. The molecule has 0 radical (unpaired) electrons. The fraction of sp³-hybridized carbons (Fsp3) is 0.160. The number of hydrogen-bond acceptors (Lipinski definition) is 6. The molecule has 5 rings (SSSR count). The Morgan fingerprint density at radius 2 is 1.69 bits per heavy atom. The zero-order valence-electron chi connectivity index (χ0n) is 17.5. The van der Waals surface area contributed by atoms with Crippen molar-refractivity contribution in [3.05, 3.63) is 89.5 Å². The molecule has 0 fully saturated rings. The molecule has 0 saturated heterocycles. The number of amides is 1. The van der Waals surface area contributed by atoms with Crippen molar-refractivity contribution in [3.63, 3.8) is 0 Å². The van der Waals surface area contributed by atoms with E-state index in [1.165, 1.54) is 7.11 Å². The number of Topliss-reactive ketones (excluding diaryl/α,β-unsaturated/α-hetero) is 1. The lowest BCUT2D eigenvalue weighted by atomic mass is 9.74. The van der Waals surface area contributed by atoms with Crippen LogP contribution in [-0.4, -0.2) is 31.6 Å². The summed E-state index contributed by atoms with van der Waals surface area (Å²) in [6.07, 6.45) is 0. The third kappa shape index (κ3) is 2.78. The Balaban J connectivity index is 1.69. The summed E-state index contributed by atoms with van der Waals surface area (Å²) < 4.78 is 10.8. The molecule has 32 heavy (non-hydrogen) atoms. The summed E-state index contributed by atoms with van der Waals surface area (Å²) in [4.78, 5) is 33.0. The van der Waals surface area contributed by atoms with E-state index in [4.69, 9.17) is 14.3 Å². The summed E-state index contributed by atoms with van der Waals surface area (Å²) in [5.41, 5.74) is 1.02. The molecular weight excluding hydrogens is 408 g/mol. The SMILES string of the molecule is COc1ccc(C2=NO[C@]3(C(=O)Nc4ccccc43)[C@H]2C(=O)c2ccccc2)cc1OC. The number of hydrogen-bond donors (Lipinski definition) is 1. The maximum Gasteiger partial charge on any atom is 0.277 e. The highest BCUT2D eigenvalue weighted by Gasteiger charge is 2.63. The zero-order valence-corrected chi connectivity index (χ0v) is 17.5. The number of anilines is 1. The third-order valence-electron chi connectivity index (χ3n) is 5.88. The van der Waals surface area contributed by atoms with E-state index >= 15 is 0 Å². The number of nitrogens with one attached hydrogen (secondary N) is 1. The highest BCUT2D eigenvalue weighted by molar-refractivity contribution is 6.24. The summed E-state index contributed by atoms with van der Waals surface area (Å²) in [5, 5.41) is 7.13. The van der Waals surface area contributed by atoms with E-state index < -0.39 is 17.4 Å². The number of benzene rings is 3. The molecule has 0 bridgehead atoms. The minimum atomic E-state index is -1.59. The number of methoxy groups -OCH3 is 2. The van der Waals surface area contributed by atoms with E-state index in [2.05, 4.69) is 10.5 Å². The molecule has 160 valence electrons. The van der Waals surface area contributed by atoms with Gasteiger partial charge in [0.2, 0.25) is 0 Å². The van der Waals surface area contributed by atoms with Crippen LogP contribution in [0.2, 0.25) is 0 Å². The van der Waals surface area contributed by atoms with Crippen LogP contribution < -0.4 is 14.8 Å². The Morgan fingerprint density at radius 1 is 0.969 bits per heavy atom. The molecule has 7 nitrogen and oxygen atoms in total. The van der Waals surface area contributed by atoms with Gasteiger partial charge in [-0.05, 0) is 24.3 Å². The molecule has 1 amide bonds. The number of nitrogens with zero attached hydrogens (tertiary/aromatic N) is 1. The van der Waals surface area contributed by atoms with E-state index in [1.807, 2.05) is 18.2 Å². The number of para-hydroxylation sites is 1. The fourth-order valence-electron chi connectivity index (χ4n) is 4.34. The molecular formula is C25H20N2O5. The fourth-order valence-corrected chi connectivity index (χ4v) is 4.34. The molecule has 0 saturated carbocycles. The van der Waals surface area contributed by atoms with Gasteiger partial charge in [0, 0.05) is 22.4 Å². The first kappa shape index (κ1) is 19.8. The van der Waals surface area contributed by atoms with Crippen molar-refractivity contribution in [2.45, 2.75) is 5.60 Å². The molecule has 0 unspecified atom stereocenters. The predicted molar refractivity (Wildman–Crippen MR) is 118 cm³/mol. The lowest BCUT2D eigenvalue weighted by molar-refractivity contribution is -0.140. The minimum Gasteiger partial charge on any atom is -0.493 e. The summed E-state index contributed by atoms with van der Waals surface area (Å²) in [7, 11) is 3.08. The Labute approximate surface area is 184 Å². The predicted octanol–water partition coefficient (Wildman–Crippen LogP) is 3.78. The van der Waals surface area contributed by atoms with E-state index in [0.29, 0.717) is 39.6 Å². The molecule has 2 heterocycles. The first-order valence-corrected chi connectivity index (χ1v) is 10.1. The van der Waals surface area contributed by atoms with Crippen LogP contribution in [0.25, 0.3) is 0 Å². The van der Waals surface area contributed by atoms with E-state index in [-0.39, 0.29) is 5.78 Å². The van der Waals surface area contributed by atoms with Crippen molar-refractivity contribution < 1.29 is 23.9 Å². The van der Waals surface area contributed by atoms with Gasteiger partial charge in [-0.2, -0.15) is 0 Å². The van der Waals surface area contributed by atoms with Crippen LogP contribution in [0.3, 0.4) is 0 Å². The quantitative estimate of drug-likeness (QED) is 0.625.